The maximum Gasteiger partial charge on any atom is 0.224 e. The average molecular weight is 231 g/mol. The van der Waals surface area contributed by atoms with Crippen molar-refractivity contribution in [2.24, 2.45) is 5.92 Å². The number of nitrogens with one attached hydrogen (secondary N) is 1. The molecule has 1 N–H and O–H groups in total. The molecule has 0 spiro atoms. The first-order valence-corrected chi connectivity index (χ1v) is 6.49. The Morgan fingerprint density at radius 2 is 2.12 bits per heavy atom. The second-order valence-corrected chi connectivity index (χ2v) is 5.29. The van der Waals surface area contributed by atoms with E-state index in [1.807, 2.05) is 18.2 Å². The Labute approximate surface area is 103 Å². The van der Waals surface area contributed by atoms with E-state index in [0.29, 0.717) is 12.5 Å². The lowest BCUT2D eigenvalue weighted by atomic mass is 10.1. The van der Waals surface area contributed by atoms with E-state index in [1.165, 1.54) is 12.0 Å². The van der Waals surface area contributed by atoms with Crippen molar-refractivity contribution in [3.8, 4) is 0 Å². The highest BCUT2D eigenvalue weighted by Crippen LogP contribution is 2.24. The minimum atomic E-state index is 0.165. The summed E-state index contributed by atoms with van der Waals surface area (Å²) >= 11 is 0. The lowest BCUT2D eigenvalue weighted by Crippen LogP contribution is -2.34. The smallest absolute Gasteiger partial charge is 0.224 e. The number of carbonyl (C=O) groups excluding carboxylic acids is 1. The van der Waals surface area contributed by atoms with Gasteiger partial charge in [-0.05, 0) is 43.2 Å². The van der Waals surface area contributed by atoms with Crippen molar-refractivity contribution in [3.05, 3.63) is 35.4 Å². The normalized spacial score (nSPS) is 23.6. The quantitative estimate of drug-likeness (QED) is 0.851. The summed E-state index contributed by atoms with van der Waals surface area (Å²) in [5, 5.41) is 3.15. The van der Waals surface area contributed by atoms with Crippen molar-refractivity contribution in [2.45, 2.75) is 45.6 Å². The third kappa shape index (κ3) is 3.32. The molecule has 2 rings (SSSR count). The van der Waals surface area contributed by atoms with Gasteiger partial charge in [-0.15, -0.1) is 0 Å². The summed E-state index contributed by atoms with van der Waals surface area (Å²) in [5.74, 6) is 0.928. The number of hydrogen-bond donors (Lipinski definition) is 1. The Morgan fingerprint density at radius 1 is 1.35 bits per heavy atom. The van der Waals surface area contributed by atoms with Crippen molar-refractivity contribution in [3.63, 3.8) is 0 Å². The Kier molecular flexibility index (Phi) is 3.82. The van der Waals surface area contributed by atoms with Gasteiger partial charge in [-0.1, -0.05) is 31.2 Å². The van der Waals surface area contributed by atoms with Crippen LogP contribution in [-0.4, -0.2) is 11.9 Å². The maximum atomic E-state index is 11.9. The number of aryl methyl sites for hydroxylation is 1. The summed E-state index contributed by atoms with van der Waals surface area (Å²) in [6, 6.07) is 8.50. The van der Waals surface area contributed by atoms with Crippen LogP contribution in [0.4, 0.5) is 0 Å². The van der Waals surface area contributed by atoms with Gasteiger partial charge >= 0.3 is 0 Å². The standard InChI is InChI=1S/C15H21NO/c1-11-7-8-14(9-11)16-15(17)10-13-6-4-3-5-12(13)2/h3-6,11,14H,7-10H2,1-2H3,(H,16,17). The molecule has 0 saturated heterocycles. The zero-order chi connectivity index (χ0) is 12.3. The predicted octanol–water partition coefficient (Wildman–Crippen LogP) is 2.84. The molecule has 2 atom stereocenters. The van der Waals surface area contributed by atoms with Gasteiger partial charge < -0.3 is 5.32 Å². The molecular weight excluding hydrogens is 210 g/mol. The van der Waals surface area contributed by atoms with Crippen LogP contribution in [0.5, 0.6) is 0 Å². The molecule has 0 aromatic heterocycles. The number of amides is 1. The Morgan fingerprint density at radius 3 is 2.76 bits per heavy atom. The topological polar surface area (TPSA) is 29.1 Å². The minimum Gasteiger partial charge on any atom is -0.353 e. The molecule has 1 aliphatic rings. The monoisotopic (exact) mass is 231 g/mol. The summed E-state index contributed by atoms with van der Waals surface area (Å²) in [6.07, 6.45) is 4.03. The average Bonchev–Trinajstić information content (AvgIpc) is 2.67. The van der Waals surface area contributed by atoms with Crippen LogP contribution >= 0.6 is 0 Å². The zero-order valence-electron chi connectivity index (χ0n) is 10.7. The van der Waals surface area contributed by atoms with Gasteiger partial charge in [0.2, 0.25) is 5.91 Å². The maximum absolute atomic E-state index is 11.9. The van der Waals surface area contributed by atoms with Crippen molar-refractivity contribution < 1.29 is 4.79 Å². The van der Waals surface area contributed by atoms with Gasteiger partial charge in [-0.2, -0.15) is 0 Å². The highest BCUT2D eigenvalue weighted by Gasteiger charge is 2.22. The van der Waals surface area contributed by atoms with Crippen molar-refractivity contribution in [2.75, 3.05) is 0 Å². The summed E-state index contributed by atoms with van der Waals surface area (Å²) in [4.78, 5) is 11.9. The number of rotatable bonds is 3. The Hall–Kier alpha value is -1.31. The van der Waals surface area contributed by atoms with E-state index in [0.717, 1.165) is 24.3 Å². The van der Waals surface area contributed by atoms with Crippen molar-refractivity contribution >= 4 is 5.91 Å². The van der Waals surface area contributed by atoms with Gasteiger partial charge in [0.05, 0.1) is 6.42 Å². The molecule has 2 heteroatoms. The van der Waals surface area contributed by atoms with Crippen molar-refractivity contribution in [1.29, 1.82) is 0 Å². The molecular formula is C15H21NO. The molecule has 0 bridgehead atoms. The van der Waals surface area contributed by atoms with Crippen LogP contribution in [0.15, 0.2) is 24.3 Å². The number of hydrogen-bond acceptors (Lipinski definition) is 1. The lowest BCUT2D eigenvalue weighted by molar-refractivity contribution is -0.121. The summed E-state index contributed by atoms with van der Waals surface area (Å²) in [5.41, 5.74) is 2.33. The first-order valence-electron chi connectivity index (χ1n) is 6.49. The van der Waals surface area contributed by atoms with Crippen molar-refractivity contribution in [1.82, 2.24) is 5.32 Å². The van der Waals surface area contributed by atoms with E-state index in [4.69, 9.17) is 0 Å². The second-order valence-electron chi connectivity index (χ2n) is 5.29. The third-order valence-corrected chi connectivity index (χ3v) is 3.67. The molecule has 0 heterocycles. The summed E-state index contributed by atoms with van der Waals surface area (Å²) in [6.45, 7) is 4.31. The SMILES string of the molecule is Cc1ccccc1CC(=O)NC1CCC(C)C1. The van der Waals surface area contributed by atoms with E-state index in [2.05, 4.69) is 25.2 Å². The predicted molar refractivity (Wildman–Crippen MR) is 69.8 cm³/mol. The van der Waals surface area contributed by atoms with Gasteiger partial charge in [0, 0.05) is 6.04 Å². The number of carbonyl (C=O) groups is 1. The van der Waals surface area contributed by atoms with E-state index in [-0.39, 0.29) is 5.91 Å². The van der Waals surface area contributed by atoms with Gasteiger partial charge in [-0.25, -0.2) is 0 Å². The fraction of sp³-hybridized carbons (Fsp3) is 0.533. The molecule has 1 amide bonds. The van der Waals surface area contributed by atoms with Gasteiger partial charge in [0.1, 0.15) is 0 Å². The minimum absolute atomic E-state index is 0.165. The first kappa shape index (κ1) is 12.2. The molecule has 1 aromatic carbocycles. The largest absolute Gasteiger partial charge is 0.353 e. The first-order chi connectivity index (χ1) is 8.15. The fourth-order valence-electron chi connectivity index (χ4n) is 2.60. The highest BCUT2D eigenvalue weighted by molar-refractivity contribution is 5.79. The highest BCUT2D eigenvalue weighted by atomic mass is 16.1. The molecule has 1 saturated carbocycles. The lowest BCUT2D eigenvalue weighted by Gasteiger charge is -2.13. The third-order valence-electron chi connectivity index (χ3n) is 3.67. The van der Waals surface area contributed by atoms with Crippen LogP contribution in [-0.2, 0) is 11.2 Å². The number of benzene rings is 1. The fourth-order valence-corrected chi connectivity index (χ4v) is 2.60. The molecule has 1 aliphatic carbocycles. The molecule has 92 valence electrons. The van der Waals surface area contributed by atoms with Crippen LogP contribution in [0.1, 0.15) is 37.3 Å². The van der Waals surface area contributed by atoms with E-state index >= 15 is 0 Å². The van der Waals surface area contributed by atoms with E-state index < -0.39 is 0 Å². The van der Waals surface area contributed by atoms with Crippen LogP contribution in [0.3, 0.4) is 0 Å². The zero-order valence-corrected chi connectivity index (χ0v) is 10.7. The van der Waals surface area contributed by atoms with Gasteiger partial charge in [0.25, 0.3) is 0 Å². The second kappa shape index (κ2) is 5.35. The molecule has 2 nitrogen and oxygen atoms in total. The molecule has 2 unspecified atom stereocenters. The van der Waals surface area contributed by atoms with Crippen LogP contribution < -0.4 is 5.32 Å². The van der Waals surface area contributed by atoms with Crippen LogP contribution in [0, 0.1) is 12.8 Å². The molecule has 0 radical (unpaired) electrons. The molecule has 0 aliphatic heterocycles. The molecule has 17 heavy (non-hydrogen) atoms. The van der Waals surface area contributed by atoms with Crippen LogP contribution in [0.2, 0.25) is 0 Å². The summed E-state index contributed by atoms with van der Waals surface area (Å²) in [7, 11) is 0. The molecule has 1 fully saturated rings. The summed E-state index contributed by atoms with van der Waals surface area (Å²) < 4.78 is 0. The Bertz CT molecular complexity index is 400. The van der Waals surface area contributed by atoms with E-state index in [1.54, 1.807) is 0 Å². The molecule has 1 aromatic rings. The van der Waals surface area contributed by atoms with Crippen LogP contribution in [0.25, 0.3) is 0 Å². The van der Waals surface area contributed by atoms with E-state index in [9.17, 15) is 4.79 Å². The van der Waals surface area contributed by atoms with Gasteiger partial charge in [0.15, 0.2) is 0 Å². The van der Waals surface area contributed by atoms with Gasteiger partial charge in [-0.3, -0.25) is 4.79 Å². The Balaban J connectivity index is 1.87.